The molecule has 1 amide bonds. The smallest absolute Gasteiger partial charge is 0.271 e. The van der Waals surface area contributed by atoms with Gasteiger partial charge in [0.2, 0.25) is 0 Å². The normalized spacial score (nSPS) is 15.4. The van der Waals surface area contributed by atoms with Crippen LogP contribution in [-0.4, -0.2) is 59.5 Å². The van der Waals surface area contributed by atoms with Gasteiger partial charge in [-0.3, -0.25) is 9.69 Å². The van der Waals surface area contributed by atoms with Gasteiger partial charge < -0.3 is 9.72 Å². The van der Waals surface area contributed by atoms with E-state index in [0.717, 1.165) is 30.0 Å². The second-order valence-electron chi connectivity index (χ2n) is 9.54. The van der Waals surface area contributed by atoms with Gasteiger partial charge in [-0.15, -0.1) is 0 Å². The number of imidazole rings is 2. The molecule has 5 rings (SSSR count). The molecule has 5 heterocycles. The molecule has 1 aliphatic heterocycles. The van der Waals surface area contributed by atoms with Gasteiger partial charge in [0.05, 0.1) is 23.6 Å². The molecule has 0 radical (unpaired) electrons. The monoisotopic (exact) mass is 435 g/mol. The molecule has 1 N–H and O–H groups in total. The first kappa shape index (κ1) is 20.6. The molecule has 8 nitrogen and oxygen atoms in total. The van der Waals surface area contributed by atoms with Gasteiger partial charge in [0.25, 0.3) is 5.91 Å². The molecular formula is C23H26FN7O. The summed E-state index contributed by atoms with van der Waals surface area (Å²) < 4.78 is 18.1. The Labute approximate surface area is 185 Å². The summed E-state index contributed by atoms with van der Waals surface area (Å²) in [6.45, 7) is 11.9. The van der Waals surface area contributed by atoms with E-state index < -0.39 is 5.82 Å². The van der Waals surface area contributed by atoms with Crippen molar-refractivity contribution in [2.24, 2.45) is 0 Å². The number of rotatable bonds is 3. The minimum atomic E-state index is -0.509. The molecule has 0 aromatic carbocycles. The molecule has 0 unspecified atom stereocenters. The van der Waals surface area contributed by atoms with E-state index in [1.807, 2.05) is 26.1 Å². The first-order chi connectivity index (χ1) is 15.1. The lowest BCUT2D eigenvalue weighted by atomic mass is 9.97. The first-order valence-electron chi connectivity index (χ1n) is 10.7. The largest absolute Gasteiger partial charge is 0.345 e. The van der Waals surface area contributed by atoms with Crippen molar-refractivity contribution in [2.75, 3.05) is 13.1 Å². The number of carbonyl (C=O) groups is 1. The van der Waals surface area contributed by atoms with Crippen LogP contribution in [0.2, 0.25) is 0 Å². The van der Waals surface area contributed by atoms with Crippen LogP contribution in [0.25, 0.3) is 22.6 Å². The Morgan fingerprint density at radius 2 is 1.84 bits per heavy atom. The molecule has 0 bridgehead atoms. The van der Waals surface area contributed by atoms with E-state index in [1.54, 1.807) is 21.3 Å². The Bertz CT molecular complexity index is 1360. The summed E-state index contributed by atoms with van der Waals surface area (Å²) in [7, 11) is 0. The number of amides is 1. The molecular weight excluding hydrogens is 409 g/mol. The molecule has 0 aliphatic carbocycles. The Morgan fingerprint density at radius 3 is 2.56 bits per heavy atom. The molecule has 1 fully saturated rings. The lowest BCUT2D eigenvalue weighted by Crippen LogP contribution is -2.64. The average Bonchev–Trinajstić information content (AvgIpc) is 3.26. The topological polar surface area (TPSA) is 79.8 Å². The Hall–Kier alpha value is -3.33. The molecule has 4 aromatic heterocycles. The maximum absolute atomic E-state index is 14.9. The molecule has 0 saturated carbocycles. The van der Waals surface area contributed by atoms with Crippen molar-refractivity contribution in [3.8, 4) is 11.3 Å². The second kappa shape index (κ2) is 7.09. The predicted molar refractivity (Wildman–Crippen MR) is 119 cm³/mol. The van der Waals surface area contributed by atoms with Crippen LogP contribution in [0.3, 0.4) is 0 Å². The van der Waals surface area contributed by atoms with E-state index >= 15 is 0 Å². The van der Waals surface area contributed by atoms with Crippen molar-refractivity contribution in [2.45, 2.75) is 46.2 Å². The number of aryl methyl sites for hydroxylation is 2. The highest BCUT2D eigenvalue weighted by molar-refractivity contribution is 5.93. The number of hydrogen-bond donors (Lipinski definition) is 1. The Morgan fingerprint density at radius 1 is 1.09 bits per heavy atom. The highest BCUT2D eigenvalue weighted by Gasteiger charge is 2.35. The van der Waals surface area contributed by atoms with E-state index in [2.05, 4.69) is 46.1 Å². The molecule has 32 heavy (non-hydrogen) atoms. The molecule has 9 heteroatoms. The van der Waals surface area contributed by atoms with E-state index in [0.29, 0.717) is 11.3 Å². The number of halogens is 1. The zero-order chi connectivity index (χ0) is 22.8. The van der Waals surface area contributed by atoms with Gasteiger partial charge in [-0.05, 0) is 52.3 Å². The third-order valence-corrected chi connectivity index (χ3v) is 5.93. The van der Waals surface area contributed by atoms with E-state index in [4.69, 9.17) is 0 Å². The number of nitrogens with zero attached hydrogens (tertiary/aromatic N) is 6. The van der Waals surface area contributed by atoms with Crippen LogP contribution in [-0.2, 0) is 0 Å². The van der Waals surface area contributed by atoms with E-state index in [1.165, 1.54) is 6.07 Å². The minimum Gasteiger partial charge on any atom is -0.345 e. The highest BCUT2D eigenvalue weighted by atomic mass is 19.1. The third kappa shape index (κ3) is 3.52. The fraction of sp³-hybridized carbons (Fsp3) is 0.391. The van der Waals surface area contributed by atoms with Gasteiger partial charge in [-0.2, -0.15) is 5.10 Å². The van der Waals surface area contributed by atoms with Crippen molar-refractivity contribution in [1.29, 1.82) is 0 Å². The molecule has 1 saturated heterocycles. The summed E-state index contributed by atoms with van der Waals surface area (Å²) in [5.41, 5.74) is 4.17. The van der Waals surface area contributed by atoms with Crippen LogP contribution in [0, 0.1) is 19.7 Å². The zero-order valence-electron chi connectivity index (χ0n) is 18.8. The number of fused-ring (bicyclic) bond motifs is 2. The predicted octanol–water partition coefficient (Wildman–Crippen LogP) is 3.01. The van der Waals surface area contributed by atoms with Crippen LogP contribution in [0.4, 0.5) is 4.39 Å². The van der Waals surface area contributed by atoms with Crippen molar-refractivity contribution < 1.29 is 9.18 Å². The number of carbonyl (C=O) groups excluding carboxylic acids is 1. The minimum absolute atomic E-state index is 0.0736. The van der Waals surface area contributed by atoms with E-state index in [-0.39, 0.29) is 28.8 Å². The summed E-state index contributed by atoms with van der Waals surface area (Å²) in [5.74, 6) is -0.803. The fourth-order valence-corrected chi connectivity index (χ4v) is 4.07. The summed E-state index contributed by atoms with van der Waals surface area (Å²) in [5, 5.41) is 7.56. The van der Waals surface area contributed by atoms with Crippen LogP contribution in [0.1, 0.15) is 42.5 Å². The van der Waals surface area contributed by atoms with Gasteiger partial charge in [0.15, 0.2) is 17.1 Å². The highest BCUT2D eigenvalue weighted by Crippen LogP contribution is 2.24. The molecule has 4 aromatic rings. The Kier molecular flexibility index (Phi) is 4.56. The average molecular weight is 436 g/mol. The molecule has 0 atom stereocenters. The maximum Gasteiger partial charge on any atom is 0.271 e. The van der Waals surface area contributed by atoms with Crippen molar-refractivity contribution in [3.05, 3.63) is 53.5 Å². The van der Waals surface area contributed by atoms with Crippen molar-refractivity contribution in [1.82, 2.24) is 34.2 Å². The van der Waals surface area contributed by atoms with Crippen molar-refractivity contribution >= 4 is 17.2 Å². The molecule has 0 spiro atoms. The van der Waals surface area contributed by atoms with E-state index in [9.17, 15) is 9.18 Å². The standard InChI is InChI=1S/C23H26FN7O/c1-13-6-18(28-31-8-14(2)25-20(13)31)15-7-17(24)21-27-19(12-29(21)9-15)22(32)26-16-10-30(11-16)23(3,4)5/h6-9,12,16H,10-11H2,1-5H3,(H,26,32). The maximum atomic E-state index is 14.9. The second-order valence-corrected chi connectivity index (χ2v) is 9.54. The third-order valence-electron chi connectivity index (χ3n) is 5.93. The SMILES string of the molecule is Cc1cn2nc(-c3cc(F)c4nc(C(=O)NC5CN(C(C)(C)C)C5)cn4c3)cc(C)c2n1. The zero-order valence-corrected chi connectivity index (χ0v) is 18.8. The Balaban J connectivity index is 1.42. The van der Waals surface area contributed by atoms with Crippen molar-refractivity contribution in [3.63, 3.8) is 0 Å². The molecule has 1 aliphatic rings. The number of nitrogens with one attached hydrogen (secondary N) is 1. The number of hydrogen-bond acceptors (Lipinski definition) is 5. The summed E-state index contributed by atoms with van der Waals surface area (Å²) in [6, 6.07) is 3.35. The van der Waals surface area contributed by atoms with Gasteiger partial charge in [0, 0.05) is 36.6 Å². The van der Waals surface area contributed by atoms with Gasteiger partial charge in [-0.1, -0.05) is 0 Å². The number of pyridine rings is 1. The van der Waals surface area contributed by atoms with Crippen LogP contribution in [0.15, 0.2) is 30.7 Å². The quantitative estimate of drug-likeness (QED) is 0.535. The molecule has 166 valence electrons. The summed E-state index contributed by atoms with van der Waals surface area (Å²) in [4.78, 5) is 23.7. The van der Waals surface area contributed by atoms with Gasteiger partial charge in [-0.25, -0.2) is 18.9 Å². The number of aromatic nitrogens is 5. The summed E-state index contributed by atoms with van der Waals surface area (Å²) in [6.07, 6.45) is 5.13. The summed E-state index contributed by atoms with van der Waals surface area (Å²) >= 11 is 0. The van der Waals surface area contributed by atoms with Crippen LogP contribution < -0.4 is 5.32 Å². The van der Waals surface area contributed by atoms with Gasteiger partial charge in [0.1, 0.15) is 5.69 Å². The van der Waals surface area contributed by atoms with Crippen LogP contribution >= 0.6 is 0 Å². The lowest BCUT2D eigenvalue weighted by Gasteiger charge is -2.47. The van der Waals surface area contributed by atoms with Gasteiger partial charge >= 0.3 is 0 Å². The van der Waals surface area contributed by atoms with Crippen LogP contribution in [0.5, 0.6) is 0 Å². The fourth-order valence-electron chi connectivity index (χ4n) is 4.07. The first-order valence-corrected chi connectivity index (χ1v) is 10.7. The lowest BCUT2D eigenvalue weighted by molar-refractivity contribution is 0.0330. The number of likely N-dealkylation sites (tertiary alicyclic amines) is 1.